The maximum atomic E-state index is 13.1. The summed E-state index contributed by atoms with van der Waals surface area (Å²) in [7, 11) is 0. The number of ether oxygens (including phenoxy) is 1. The Kier molecular flexibility index (Phi) is 9.14. The zero-order valence-corrected chi connectivity index (χ0v) is 21.2. The molecule has 1 aromatic rings. The fourth-order valence-electron chi connectivity index (χ4n) is 4.46. The minimum atomic E-state index is -0.331. The SMILES string of the molecule is CCCCCCCCCC(=O)Oc1ccccc1N1C(=O)[C@@H]2C[C@H](Br)[C@@H](Br)C[C@H]2C1=O. The molecule has 1 aliphatic heterocycles. The first-order valence-electron chi connectivity index (χ1n) is 11.4. The van der Waals surface area contributed by atoms with Gasteiger partial charge in [0.25, 0.3) is 0 Å². The number of esters is 1. The van der Waals surface area contributed by atoms with Crippen molar-refractivity contribution >= 4 is 55.3 Å². The molecule has 0 radical (unpaired) electrons. The normalized spacial score (nSPS) is 25.6. The number of carbonyl (C=O) groups excluding carboxylic acids is 3. The molecule has 2 fully saturated rings. The molecular weight excluding hydrogens is 526 g/mol. The summed E-state index contributed by atoms with van der Waals surface area (Å²) in [6.07, 6.45) is 9.44. The number of unbranched alkanes of at least 4 members (excludes halogenated alkanes) is 6. The van der Waals surface area contributed by atoms with Crippen LogP contribution < -0.4 is 9.64 Å². The molecule has 1 aromatic carbocycles. The van der Waals surface area contributed by atoms with Gasteiger partial charge in [-0.3, -0.25) is 14.4 Å². The van der Waals surface area contributed by atoms with Crippen molar-refractivity contribution in [2.24, 2.45) is 11.8 Å². The summed E-state index contributed by atoms with van der Waals surface area (Å²) in [4.78, 5) is 40.1. The molecule has 5 nitrogen and oxygen atoms in total. The van der Waals surface area contributed by atoms with Gasteiger partial charge in [0.2, 0.25) is 11.8 Å². The van der Waals surface area contributed by atoms with Crippen LogP contribution in [0, 0.1) is 11.8 Å². The summed E-state index contributed by atoms with van der Waals surface area (Å²) >= 11 is 7.22. The maximum Gasteiger partial charge on any atom is 0.311 e. The largest absolute Gasteiger partial charge is 0.424 e. The number of rotatable bonds is 10. The highest BCUT2D eigenvalue weighted by Gasteiger charge is 2.52. The van der Waals surface area contributed by atoms with E-state index in [1.807, 2.05) is 0 Å². The van der Waals surface area contributed by atoms with Crippen LogP contribution in [0.15, 0.2) is 24.3 Å². The van der Waals surface area contributed by atoms with Gasteiger partial charge in [0, 0.05) is 16.1 Å². The summed E-state index contributed by atoms with van der Waals surface area (Å²) < 4.78 is 5.59. The van der Waals surface area contributed by atoms with Crippen LogP contribution in [0.2, 0.25) is 0 Å². The van der Waals surface area contributed by atoms with Crippen LogP contribution in [-0.4, -0.2) is 27.4 Å². The number of imide groups is 1. The minimum Gasteiger partial charge on any atom is -0.424 e. The lowest BCUT2D eigenvalue weighted by molar-refractivity contribution is -0.134. The van der Waals surface area contributed by atoms with Crippen molar-refractivity contribution in [3.05, 3.63) is 24.3 Å². The van der Waals surface area contributed by atoms with E-state index in [-0.39, 0.29) is 45.0 Å². The second-order valence-electron chi connectivity index (χ2n) is 8.54. The van der Waals surface area contributed by atoms with Crippen molar-refractivity contribution in [1.82, 2.24) is 0 Å². The number of anilines is 1. The van der Waals surface area contributed by atoms with Crippen molar-refractivity contribution in [3.63, 3.8) is 0 Å². The fraction of sp³-hybridized carbons (Fsp3) is 0.625. The number of para-hydroxylation sites is 2. The van der Waals surface area contributed by atoms with E-state index in [9.17, 15) is 14.4 Å². The van der Waals surface area contributed by atoms with E-state index in [0.29, 0.717) is 24.9 Å². The monoisotopic (exact) mass is 555 g/mol. The van der Waals surface area contributed by atoms with Gasteiger partial charge in [-0.05, 0) is 31.4 Å². The Morgan fingerprint density at radius 1 is 0.935 bits per heavy atom. The van der Waals surface area contributed by atoms with Crippen molar-refractivity contribution in [2.45, 2.75) is 80.8 Å². The summed E-state index contributed by atoms with van der Waals surface area (Å²) in [5.41, 5.74) is 0.372. The van der Waals surface area contributed by atoms with Crippen molar-refractivity contribution < 1.29 is 19.1 Å². The molecule has 0 spiro atoms. The molecule has 0 bridgehead atoms. The highest BCUT2D eigenvalue weighted by Crippen LogP contribution is 2.45. The van der Waals surface area contributed by atoms with Crippen molar-refractivity contribution in [1.29, 1.82) is 0 Å². The highest BCUT2D eigenvalue weighted by molar-refractivity contribution is 9.12. The number of hydrogen-bond donors (Lipinski definition) is 0. The first-order valence-corrected chi connectivity index (χ1v) is 13.2. The lowest BCUT2D eigenvalue weighted by atomic mass is 9.81. The van der Waals surface area contributed by atoms with Gasteiger partial charge >= 0.3 is 5.97 Å². The van der Waals surface area contributed by atoms with Crippen LogP contribution in [-0.2, 0) is 14.4 Å². The van der Waals surface area contributed by atoms with Crippen LogP contribution in [0.1, 0.15) is 71.1 Å². The summed E-state index contributed by atoms with van der Waals surface area (Å²) in [6, 6.07) is 6.84. The van der Waals surface area contributed by atoms with E-state index >= 15 is 0 Å². The van der Waals surface area contributed by atoms with E-state index in [4.69, 9.17) is 4.74 Å². The van der Waals surface area contributed by atoms with Gasteiger partial charge in [-0.1, -0.05) is 89.4 Å². The summed E-state index contributed by atoms with van der Waals surface area (Å²) in [5.74, 6) is -1.10. The Balaban J connectivity index is 1.61. The number of halogens is 2. The molecule has 7 heteroatoms. The number of alkyl halides is 2. The first kappa shape index (κ1) is 24.4. The molecule has 1 saturated heterocycles. The quantitative estimate of drug-likeness (QED) is 0.114. The molecule has 170 valence electrons. The third kappa shape index (κ3) is 5.98. The maximum absolute atomic E-state index is 13.1. The predicted octanol–water partition coefficient (Wildman–Crippen LogP) is 6.16. The van der Waals surface area contributed by atoms with Gasteiger partial charge in [-0.25, -0.2) is 4.90 Å². The summed E-state index contributed by atoms with van der Waals surface area (Å²) in [5, 5.41) is 0. The standard InChI is InChI=1S/C24H31Br2NO4/c1-2-3-4-5-6-7-8-13-22(28)31-21-12-10-9-11-20(21)27-23(29)16-14-18(25)19(26)15-17(16)24(27)30/h9-12,16-19H,2-8,13-15H2,1H3/t16-,17-,18+,19+/m1/s1. The topological polar surface area (TPSA) is 63.7 Å². The zero-order valence-electron chi connectivity index (χ0n) is 18.0. The van der Waals surface area contributed by atoms with E-state index in [1.54, 1.807) is 24.3 Å². The number of nitrogens with zero attached hydrogens (tertiary/aromatic N) is 1. The third-order valence-electron chi connectivity index (χ3n) is 6.23. The molecule has 2 amide bonds. The Morgan fingerprint density at radius 3 is 2.10 bits per heavy atom. The Bertz CT molecular complexity index is 772. The summed E-state index contributed by atoms with van der Waals surface area (Å²) in [6.45, 7) is 2.20. The van der Waals surface area contributed by atoms with Crippen LogP contribution in [0.4, 0.5) is 5.69 Å². The molecular formula is C24H31Br2NO4. The average molecular weight is 557 g/mol. The molecule has 0 N–H and O–H groups in total. The highest BCUT2D eigenvalue weighted by atomic mass is 79.9. The van der Waals surface area contributed by atoms with Gasteiger partial charge in [-0.2, -0.15) is 0 Å². The Morgan fingerprint density at radius 2 is 1.48 bits per heavy atom. The minimum absolute atomic E-state index is 0.153. The van der Waals surface area contributed by atoms with Crippen LogP contribution in [0.25, 0.3) is 0 Å². The molecule has 4 atom stereocenters. The Hall–Kier alpha value is -1.21. The van der Waals surface area contributed by atoms with Crippen LogP contribution >= 0.6 is 31.9 Å². The molecule has 2 aliphatic rings. The molecule has 3 rings (SSSR count). The first-order chi connectivity index (χ1) is 14.9. The number of amides is 2. The second-order valence-corrected chi connectivity index (χ2v) is 10.9. The predicted molar refractivity (Wildman–Crippen MR) is 129 cm³/mol. The van der Waals surface area contributed by atoms with Gasteiger partial charge in [-0.15, -0.1) is 0 Å². The zero-order chi connectivity index (χ0) is 22.4. The number of fused-ring (bicyclic) bond motifs is 1. The van der Waals surface area contributed by atoms with Crippen molar-refractivity contribution in [3.8, 4) is 5.75 Å². The van der Waals surface area contributed by atoms with Gasteiger partial charge in [0.1, 0.15) is 0 Å². The third-order valence-corrected chi connectivity index (χ3v) is 8.96. The van der Waals surface area contributed by atoms with E-state index in [1.165, 1.54) is 30.6 Å². The van der Waals surface area contributed by atoms with E-state index < -0.39 is 0 Å². The lowest BCUT2D eigenvalue weighted by Crippen LogP contribution is -2.34. The number of hydrogen-bond acceptors (Lipinski definition) is 4. The fourth-order valence-corrected chi connectivity index (χ4v) is 5.70. The number of benzene rings is 1. The molecule has 0 unspecified atom stereocenters. The van der Waals surface area contributed by atoms with Gasteiger partial charge in [0.05, 0.1) is 17.5 Å². The second kappa shape index (κ2) is 11.6. The van der Waals surface area contributed by atoms with Crippen molar-refractivity contribution in [2.75, 3.05) is 4.90 Å². The van der Waals surface area contributed by atoms with E-state index in [2.05, 4.69) is 38.8 Å². The van der Waals surface area contributed by atoms with Gasteiger partial charge < -0.3 is 4.74 Å². The Labute approximate surface area is 201 Å². The van der Waals surface area contributed by atoms with Crippen LogP contribution in [0.3, 0.4) is 0 Å². The number of carbonyl (C=O) groups is 3. The molecule has 31 heavy (non-hydrogen) atoms. The molecule has 1 aliphatic carbocycles. The average Bonchev–Trinajstić information content (AvgIpc) is 2.98. The molecule has 0 aromatic heterocycles. The molecule has 1 heterocycles. The van der Waals surface area contributed by atoms with E-state index in [0.717, 1.165) is 19.3 Å². The molecule has 1 saturated carbocycles. The lowest BCUT2D eigenvalue weighted by Gasteiger charge is -2.29. The van der Waals surface area contributed by atoms with Crippen LogP contribution in [0.5, 0.6) is 5.75 Å². The van der Waals surface area contributed by atoms with Gasteiger partial charge in [0.15, 0.2) is 5.75 Å². The smallest absolute Gasteiger partial charge is 0.311 e.